The molecule has 1 N–H and O–H groups in total. The van der Waals surface area contributed by atoms with Crippen LogP contribution in [0.15, 0.2) is 35.7 Å². The zero-order valence-electron chi connectivity index (χ0n) is 9.31. The highest BCUT2D eigenvalue weighted by Crippen LogP contribution is 2.29. The Morgan fingerprint density at radius 2 is 2.12 bits per heavy atom. The Labute approximate surface area is 99.1 Å². The Morgan fingerprint density at radius 3 is 2.75 bits per heavy atom. The third-order valence-electron chi connectivity index (χ3n) is 2.56. The van der Waals surface area contributed by atoms with E-state index in [1.165, 1.54) is 0 Å². The Bertz CT molecular complexity index is 463. The molecule has 1 heterocycles. The van der Waals surface area contributed by atoms with Gasteiger partial charge < -0.3 is 9.84 Å². The molecule has 1 aromatic heterocycles. The van der Waals surface area contributed by atoms with Crippen LogP contribution in [0.2, 0.25) is 0 Å². The van der Waals surface area contributed by atoms with Crippen molar-refractivity contribution in [2.45, 2.75) is 13.0 Å². The molecular formula is C13H14O2S. The highest BCUT2D eigenvalue weighted by Gasteiger charge is 2.12. The molecule has 2 aromatic rings. The van der Waals surface area contributed by atoms with Crippen LogP contribution in [-0.2, 0) is 0 Å². The van der Waals surface area contributed by atoms with Crippen LogP contribution in [0.3, 0.4) is 0 Å². The van der Waals surface area contributed by atoms with Gasteiger partial charge in [-0.3, -0.25) is 0 Å². The van der Waals surface area contributed by atoms with Crippen LogP contribution in [0, 0.1) is 6.92 Å². The third-order valence-corrected chi connectivity index (χ3v) is 3.49. The van der Waals surface area contributed by atoms with E-state index in [4.69, 9.17) is 4.74 Å². The van der Waals surface area contributed by atoms with Gasteiger partial charge in [0.05, 0.1) is 7.11 Å². The van der Waals surface area contributed by atoms with Gasteiger partial charge in [0.25, 0.3) is 0 Å². The predicted octanol–water partition coefficient (Wildman–Crippen LogP) is 3.15. The Kier molecular flexibility index (Phi) is 3.27. The summed E-state index contributed by atoms with van der Waals surface area (Å²) < 4.78 is 5.25. The summed E-state index contributed by atoms with van der Waals surface area (Å²) in [4.78, 5) is 0.950. The zero-order chi connectivity index (χ0) is 11.5. The number of benzene rings is 1. The summed E-state index contributed by atoms with van der Waals surface area (Å²) in [5.74, 6) is 0.813. The molecule has 0 saturated carbocycles. The average Bonchev–Trinajstić information content (AvgIpc) is 2.82. The third kappa shape index (κ3) is 2.10. The number of hydrogen-bond donors (Lipinski definition) is 1. The highest BCUT2D eigenvalue weighted by atomic mass is 32.1. The second-order valence-corrected chi connectivity index (χ2v) is 4.63. The number of rotatable bonds is 3. The lowest BCUT2D eigenvalue weighted by Crippen LogP contribution is -1.98. The minimum Gasteiger partial charge on any atom is -0.496 e. The van der Waals surface area contributed by atoms with Crippen molar-refractivity contribution >= 4 is 11.3 Å². The minimum absolute atomic E-state index is 0.561. The van der Waals surface area contributed by atoms with Gasteiger partial charge in [-0.25, -0.2) is 0 Å². The molecule has 0 radical (unpaired) electrons. The first-order valence-electron chi connectivity index (χ1n) is 5.08. The molecule has 2 nitrogen and oxygen atoms in total. The van der Waals surface area contributed by atoms with E-state index < -0.39 is 6.10 Å². The lowest BCUT2D eigenvalue weighted by Gasteiger charge is -2.12. The Hall–Kier alpha value is -1.32. The van der Waals surface area contributed by atoms with Gasteiger partial charge in [-0.15, -0.1) is 11.3 Å². The van der Waals surface area contributed by atoms with E-state index in [1.807, 2.05) is 42.6 Å². The maximum atomic E-state index is 10.1. The molecular weight excluding hydrogens is 220 g/mol. The highest BCUT2D eigenvalue weighted by molar-refractivity contribution is 7.10. The van der Waals surface area contributed by atoms with Crippen molar-refractivity contribution in [1.82, 2.24) is 0 Å². The maximum absolute atomic E-state index is 10.1. The average molecular weight is 234 g/mol. The minimum atomic E-state index is -0.561. The van der Waals surface area contributed by atoms with Gasteiger partial charge in [-0.05, 0) is 35.6 Å². The van der Waals surface area contributed by atoms with Gasteiger partial charge in [-0.2, -0.15) is 0 Å². The summed E-state index contributed by atoms with van der Waals surface area (Å²) in [6.45, 7) is 1.99. The zero-order valence-corrected chi connectivity index (χ0v) is 10.1. The Balaban J connectivity index is 2.34. The fourth-order valence-corrected chi connectivity index (χ4v) is 2.35. The number of aryl methyl sites for hydroxylation is 1. The van der Waals surface area contributed by atoms with Gasteiger partial charge in [0.2, 0.25) is 0 Å². The second-order valence-electron chi connectivity index (χ2n) is 3.65. The molecule has 0 aliphatic carbocycles. The number of hydrogen-bond acceptors (Lipinski definition) is 3. The fourth-order valence-electron chi connectivity index (χ4n) is 1.62. The molecule has 0 saturated heterocycles. The number of aliphatic hydroxyl groups is 1. The first-order valence-corrected chi connectivity index (χ1v) is 5.96. The number of ether oxygens (including phenoxy) is 1. The molecule has 1 atom stereocenters. The van der Waals surface area contributed by atoms with Crippen LogP contribution in [0.1, 0.15) is 22.1 Å². The number of aliphatic hydroxyl groups excluding tert-OH is 1. The first-order chi connectivity index (χ1) is 7.72. The van der Waals surface area contributed by atoms with Crippen LogP contribution in [0.4, 0.5) is 0 Å². The van der Waals surface area contributed by atoms with Crippen molar-refractivity contribution in [1.29, 1.82) is 0 Å². The fraction of sp³-hybridized carbons (Fsp3) is 0.231. The topological polar surface area (TPSA) is 29.5 Å². The van der Waals surface area contributed by atoms with E-state index in [1.54, 1.807) is 18.4 Å². The molecule has 1 unspecified atom stereocenters. The quantitative estimate of drug-likeness (QED) is 0.884. The molecule has 0 fully saturated rings. The van der Waals surface area contributed by atoms with Crippen LogP contribution in [-0.4, -0.2) is 12.2 Å². The standard InChI is InChI=1S/C13H14O2S/c1-9-5-6-10(8-11(9)15-2)13(14)12-4-3-7-16-12/h3-8,13-14H,1-2H3. The molecule has 0 amide bonds. The predicted molar refractivity (Wildman–Crippen MR) is 66.1 cm³/mol. The van der Waals surface area contributed by atoms with Crippen molar-refractivity contribution in [3.8, 4) is 5.75 Å². The summed E-state index contributed by atoms with van der Waals surface area (Å²) in [6, 6.07) is 9.66. The van der Waals surface area contributed by atoms with E-state index in [0.29, 0.717) is 0 Å². The maximum Gasteiger partial charge on any atom is 0.122 e. The summed E-state index contributed by atoms with van der Waals surface area (Å²) >= 11 is 1.55. The van der Waals surface area contributed by atoms with Crippen molar-refractivity contribution in [2.24, 2.45) is 0 Å². The molecule has 0 aliphatic heterocycles. The van der Waals surface area contributed by atoms with Gasteiger partial charge in [0.1, 0.15) is 11.9 Å². The van der Waals surface area contributed by atoms with E-state index in [2.05, 4.69) is 0 Å². The van der Waals surface area contributed by atoms with E-state index in [-0.39, 0.29) is 0 Å². The van der Waals surface area contributed by atoms with Crippen LogP contribution < -0.4 is 4.74 Å². The van der Waals surface area contributed by atoms with Gasteiger partial charge in [-0.1, -0.05) is 18.2 Å². The summed E-state index contributed by atoms with van der Waals surface area (Å²) in [6.07, 6.45) is -0.561. The van der Waals surface area contributed by atoms with Crippen LogP contribution in [0.5, 0.6) is 5.75 Å². The molecule has 16 heavy (non-hydrogen) atoms. The molecule has 0 aliphatic rings. The van der Waals surface area contributed by atoms with Crippen LogP contribution >= 0.6 is 11.3 Å². The molecule has 84 valence electrons. The lowest BCUT2D eigenvalue weighted by atomic mass is 10.1. The second kappa shape index (κ2) is 4.68. The molecule has 2 rings (SSSR count). The Morgan fingerprint density at radius 1 is 1.31 bits per heavy atom. The summed E-state index contributed by atoms with van der Waals surface area (Å²) in [5, 5.41) is 12.1. The normalized spacial score (nSPS) is 12.4. The van der Waals surface area contributed by atoms with Crippen LogP contribution in [0.25, 0.3) is 0 Å². The van der Waals surface area contributed by atoms with E-state index in [0.717, 1.165) is 21.8 Å². The number of methoxy groups -OCH3 is 1. The molecule has 3 heteroatoms. The van der Waals surface area contributed by atoms with Gasteiger partial charge in [0.15, 0.2) is 0 Å². The smallest absolute Gasteiger partial charge is 0.122 e. The lowest BCUT2D eigenvalue weighted by molar-refractivity contribution is 0.223. The molecule has 0 bridgehead atoms. The SMILES string of the molecule is COc1cc(C(O)c2cccs2)ccc1C. The van der Waals surface area contributed by atoms with E-state index >= 15 is 0 Å². The summed E-state index contributed by atoms with van der Waals surface area (Å²) in [7, 11) is 1.64. The van der Waals surface area contributed by atoms with Gasteiger partial charge in [0, 0.05) is 4.88 Å². The molecule has 0 spiro atoms. The number of thiophene rings is 1. The van der Waals surface area contributed by atoms with Crippen molar-refractivity contribution in [3.05, 3.63) is 51.7 Å². The first kappa shape index (κ1) is 11.2. The van der Waals surface area contributed by atoms with Crippen molar-refractivity contribution in [2.75, 3.05) is 7.11 Å². The van der Waals surface area contributed by atoms with Crippen molar-refractivity contribution in [3.63, 3.8) is 0 Å². The summed E-state index contributed by atoms with van der Waals surface area (Å²) in [5.41, 5.74) is 1.94. The molecule has 1 aromatic carbocycles. The van der Waals surface area contributed by atoms with Crippen molar-refractivity contribution < 1.29 is 9.84 Å². The van der Waals surface area contributed by atoms with Gasteiger partial charge >= 0.3 is 0 Å². The largest absolute Gasteiger partial charge is 0.496 e. The van der Waals surface area contributed by atoms with E-state index in [9.17, 15) is 5.11 Å². The monoisotopic (exact) mass is 234 g/mol.